The number of benzene rings is 2. The Hall–Kier alpha value is -2.34. The Bertz CT molecular complexity index is 806. The summed E-state index contributed by atoms with van der Waals surface area (Å²) in [6, 6.07) is 12.8. The number of nitrogens with one attached hydrogen (secondary N) is 1. The molecule has 6 heteroatoms. The summed E-state index contributed by atoms with van der Waals surface area (Å²) < 4.78 is 6.71. The smallest absolute Gasteiger partial charge is 0.261 e. The average molecular weight is 433 g/mol. The zero-order valence-electron chi connectivity index (χ0n) is 16.1. The molecule has 1 atom stereocenters. The molecule has 2 amide bonds. The van der Waals surface area contributed by atoms with Crippen LogP contribution < -0.4 is 10.1 Å². The number of rotatable bonds is 7. The average Bonchev–Trinajstić information content (AvgIpc) is 2.67. The highest BCUT2D eigenvalue weighted by Gasteiger charge is 2.26. The van der Waals surface area contributed by atoms with E-state index in [-0.39, 0.29) is 18.4 Å². The minimum absolute atomic E-state index is 0.123. The molecule has 1 unspecified atom stereocenters. The summed E-state index contributed by atoms with van der Waals surface area (Å²) in [5, 5.41) is 2.60. The first-order valence-corrected chi connectivity index (χ1v) is 9.57. The van der Waals surface area contributed by atoms with Gasteiger partial charge >= 0.3 is 0 Å². The number of hydrogen-bond acceptors (Lipinski definition) is 3. The zero-order chi connectivity index (χ0) is 20.0. The fourth-order valence-electron chi connectivity index (χ4n) is 2.68. The number of likely N-dealkylation sites (N-methyl/N-ethyl adjacent to an activating group) is 1. The summed E-state index contributed by atoms with van der Waals surface area (Å²) in [4.78, 5) is 26.5. The molecule has 144 valence electrons. The van der Waals surface area contributed by atoms with E-state index in [0.29, 0.717) is 12.3 Å². The van der Waals surface area contributed by atoms with Gasteiger partial charge in [-0.05, 0) is 55.7 Å². The molecule has 0 bridgehead atoms. The molecule has 0 fully saturated rings. The predicted molar refractivity (Wildman–Crippen MR) is 110 cm³/mol. The van der Waals surface area contributed by atoms with Gasteiger partial charge in [0.05, 0.1) is 0 Å². The van der Waals surface area contributed by atoms with Crippen molar-refractivity contribution in [1.29, 1.82) is 0 Å². The van der Waals surface area contributed by atoms with Crippen molar-refractivity contribution in [3.8, 4) is 5.75 Å². The minimum atomic E-state index is -0.603. The fourth-order valence-corrected chi connectivity index (χ4v) is 2.95. The van der Waals surface area contributed by atoms with Crippen LogP contribution in [0.15, 0.2) is 46.9 Å². The van der Waals surface area contributed by atoms with Gasteiger partial charge in [0.2, 0.25) is 5.91 Å². The molecule has 0 heterocycles. The van der Waals surface area contributed by atoms with Crippen molar-refractivity contribution >= 4 is 27.7 Å². The normalized spacial score (nSPS) is 11.6. The number of carbonyl (C=O) groups excluding carboxylic acids is 2. The second-order valence-electron chi connectivity index (χ2n) is 6.43. The van der Waals surface area contributed by atoms with Crippen LogP contribution in [0, 0.1) is 13.8 Å². The lowest BCUT2D eigenvalue weighted by atomic mass is 10.1. The van der Waals surface area contributed by atoms with Crippen LogP contribution in [0.3, 0.4) is 0 Å². The monoisotopic (exact) mass is 432 g/mol. The third-order valence-electron chi connectivity index (χ3n) is 4.59. The topological polar surface area (TPSA) is 58.6 Å². The van der Waals surface area contributed by atoms with Crippen molar-refractivity contribution in [1.82, 2.24) is 10.2 Å². The molecule has 0 aromatic heterocycles. The molecule has 0 aliphatic heterocycles. The summed E-state index contributed by atoms with van der Waals surface area (Å²) in [5.41, 5.74) is 3.04. The van der Waals surface area contributed by atoms with Gasteiger partial charge in [-0.25, -0.2) is 0 Å². The van der Waals surface area contributed by atoms with Crippen LogP contribution in [0.25, 0.3) is 0 Å². The Balaban J connectivity index is 2.15. The van der Waals surface area contributed by atoms with Crippen molar-refractivity contribution in [2.75, 3.05) is 13.7 Å². The molecule has 2 rings (SSSR count). The van der Waals surface area contributed by atoms with Gasteiger partial charge in [0.25, 0.3) is 5.91 Å². The number of amides is 2. The van der Waals surface area contributed by atoms with Gasteiger partial charge in [-0.3, -0.25) is 9.59 Å². The summed E-state index contributed by atoms with van der Waals surface area (Å²) >= 11 is 3.40. The molecule has 2 aromatic carbocycles. The second-order valence-corrected chi connectivity index (χ2v) is 7.34. The maximum Gasteiger partial charge on any atom is 0.261 e. The van der Waals surface area contributed by atoms with Gasteiger partial charge in [-0.1, -0.05) is 40.2 Å². The quantitative estimate of drug-likeness (QED) is 0.726. The lowest BCUT2D eigenvalue weighted by molar-refractivity contribution is -0.142. The third-order valence-corrected chi connectivity index (χ3v) is 5.11. The molecular formula is C21H25BrN2O3. The first-order chi connectivity index (χ1) is 12.8. The lowest BCUT2D eigenvalue weighted by Gasteiger charge is -2.28. The van der Waals surface area contributed by atoms with Crippen molar-refractivity contribution in [3.05, 3.63) is 63.6 Å². The van der Waals surface area contributed by atoms with Gasteiger partial charge < -0.3 is 15.0 Å². The van der Waals surface area contributed by atoms with Crippen LogP contribution in [0.2, 0.25) is 0 Å². The zero-order valence-corrected chi connectivity index (χ0v) is 17.7. The number of carbonyl (C=O) groups is 2. The molecule has 2 aromatic rings. The number of nitrogens with zero attached hydrogens (tertiary/aromatic N) is 1. The molecule has 0 aliphatic rings. The minimum Gasteiger partial charge on any atom is -0.483 e. The van der Waals surface area contributed by atoms with E-state index in [0.717, 1.165) is 21.2 Å². The molecule has 27 heavy (non-hydrogen) atoms. The van der Waals surface area contributed by atoms with Crippen molar-refractivity contribution in [2.45, 2.75) is 33.4 Å². The Kier molecular flexibility index (Phi) is 7.42. The summed E-state index contributed by atoms with van der Waals surface area (Å²) in [5.74, 6) is 0.224. The van der Waals surface area contributed by atoms with Gasteiger partial charge in [0, 0.05) is 18.1 Å². The van der Waals surface area contributed by atoms with Gasteiger partial charge in [0.1, 0.15) is 11.8 Å². The van der Waals surface area contributed by atoms with Gasteiger partial charge in [-0.15, -0.1) is 0 Å². The molecular weight excluding hydrogens is 408 g/mol. The number of aryl methyl sites for hydroxylation is 1. The molecule has 0 saturated carbocycles. The standard InChI is InChI=1S/C21H25BrN2O3/c1-14-6-5-7-19(15(14)2)27-13-20(25)24(16(3)21(26)23-4)12-17-8-10-18(22)11-9-17/h5-11,16H,12-13H2,1-4H3,(H,23,26). The molecule has 0 saturated heterocycles. The fraction of sp³-hybridized carbons (Fsp3) is 0.333. The summed E-state index contributed by atoms with van der Waals surface area (Å²) in [6.45, 7) is 5.88. The van der Waals surface area contributed by atoms with E-state index in [9.17, 15) is 9.59 Å². The van der Waals surface area contributed by atoms with Crippen LogP contribution in [-0.2, 0) is 16.1 Å². The van der Waals surface area contributed by atoms with E-state index in [1.807, 2.05) is 56.3 Å². The van der Waals surface area contributed by atoms with Crippen LogP contribution >= 0.6 is 15.9 Å². The van der Waals surface area contributed by atoms with Crippen molar-refractivity contribution in [2.24, 2.45) is 0 Å². The molecule has 1 N–H and O–H groups in total. The molecule has 0 spiro atoms. The van der Waals surface area contributed by atoms with Gasteiger partial charge in [-0.2, -0.15) is 0 Å². The maximum absolute atomic E-state index is 12.9. The van der Waals surface area contributed by atoms with E-state index < -0.39 is 6.04 Å². The number of halogens is 1. The van der Waals surface area contributed by atoms with Crippen LogP contribution in [0.5, 0.6) is 5.75 Å². The second kappa shape index (κ2) is 9.55. The van der Waals surface area contributed by atoms with Crippen LogP contribution in [-0.4, -0.2) is 36.4 Å². The SMILES string of the molecule is CNC(=O)C(C)N(Cc1ccc(Br)cc1)C(=O)COc1cccc(C)c1C. The van der Waals surface area contributed by atoms with E-state index >= 15 is 0 Å². The Labute approximate surface area is 168 Å². The maximum atomic E-state index is 12.9. The Morgan fingerprint density at radius 2 is 1.81 bits per heavy atom. The first-order valence-electron chi connectivity index (χ1n) is 8.78. The van der Waals surface area contributed by atoms with E-state index in [4.69, 9.17) is 4.74 Å². The van der Waals surface area contributed by atoms with E-state index in [1.165, 1.54) is 4.90 Å². The van der Waals surface area contributed by atoms with Crippen LogP contribution in [0.1, 0.15) is 23.6 Å². The summed E-state index contributed by atoms with van der Waals surface area (Å²) in [6.07, 6.45) is 0. The van der Waals surface area contributed by atoms with E-state index in [2.05, 4.69) is 21.2 Å². The first kappa shape index (κ1) is 21.0. The Morgan fingerprint density at radius 1 is 1.15 bits per heavy atom. The number of hydrogen-bond donors (Lipinski definition) is 1. The highest BCUT2D eigenvalue weighted by molar-refractivity contribution is 9.10. The Morgan fingerprint density at radius 3 is 2.44 bits per heavy atom. The molecule has 0 aliphatic carbocycles. The van der Waals surface area contributed by atoms with Crippen molar-refractivity contribution < 1.29 is 14.3 Å². The lowest BCUT2D eigenvalue weighted by Crippen LogP contribution is -2.48. The van der Waals surface area contributed by atoms with Crippen LogP contribution in [0.4, 0.5) is 0 Å². The summed E-state index contributed by atoms with van der Waals surface area (Å²) in [7, 11) is 1.56. The highest BCUT2D eigenvalue weighted by Crippen LogP contribution is 2.21. The largest absolute Gasteiger partial charge is 0.483 e. The van der Waals surface area contributed by atoms with Gasteiger partial charge in [0.15, 0.2) is 6.61 Å². The third kappa shape index (κ3) is 5.57. The van der Waals surface area contributed by atoms with Crippen molar-refractivity contribution in [3.63, 3.8) is 0 Å². The van der Waals surface area contributed by atoms with E-state index in [1.54, 1.807) is 14.0 Å². The molecule has 5 nitrogen and oxygen atoms in total. The number of ether oxygens (including phenoxy) is 1. The molecule has 0 radical (unpaired) electrons. The predicted octanol–water partition coefficient (Wildman–Crippen LogP) is 3.61. The highest BCUT2D eigenvalue weighted by atomic mass is 79.9.